The second kappa shape index (κ2) is 8.41. The Morgan fingerprint density at radius 3 is 2.79 bits per heavy atom. The van der Waals surface area contributed by atoms with Crippen LogP contribution in [0.15, 0.2) is 54.7 Å². The lowest BCUT2D eigenvalue weighted by Crippen LogP contribution is -2.06. The molecule has 2 heterocycles. The van der Waals surface area contributed by atoms with E-state index in [1.54, 1.807) is 12.3 Å². The van der Waals surface area contributed by atoms with E-state index in [4.69, 9.17) is 9.84 Å². The zero-order valence-electron chi connectivity index (χ0n) is 16.2. The molecular formula is C23H22FN3O2. The molecule has 0 bridgehead atoms. The van der Waals surface area contributed by atoms with Crippen LogP contribution in [0.4, 0.5) is 4.39 Å². The second-order valence-electron chi connectivity index (χ2n) is 6.95. The lowest BCUT2D eigenvalue weighted by atomic mass is 10.1. The number of fused-ring (bicyclic) bond motifs is 1. The molecule has 0 aliphatic heterocycles. The van der Waals surface area contributed by atoms with Crippen LogP contribution in [-0.2, 0) is 12.8 Å². The number of benzene rings is 2. The Labute approximate surface area is 168 Å². The molecule has 2 N–H and O–H groups in total. The minimum atomic E-state index is -0.213. The summed E-state index contributed by atoms with van der Waals surface area (Å²) in [6.45, 7) is 2.10. The quantitative estimate of drug-likeness (QED) is 0.500. The van der Waals surface area contributed by atoms with Gasteiger partial charge < -0.3 is 14.8 Å². The van der Waals surface area contributed by atoms with E-state index in [1.807, 2.05) is 49.4 Å². The first kappa shape index (κ1) is 19.1. The molecule has 0 atom stereocenters. The third-order valence-corrected chi connectivity index (χ3v) is 4.76. The summed E-state index contributed by atoms with van der Waals surface area (Å²) in [6.07, 6.45) is 2.59. The molecule has 2 aromatic carbocycles. The molecule has 0 amide bonds. The molecule has 6 heteroatoms. The van der Waals surface area contributed by atoms with Crippen LogP contribution in [0.2, 0.25) is 0 Å². The number of nitrogens with zero attached hydrogens (tertiary/aromatic N) is 2. The van der Waals surface area contributed by atoms with Crippen LogP contribution in [0.5, 0.6) is 5.75 Å². The normalized spacial score (nSPS) is 11.1. The highest BCUT2D eigenvalue weighted by Gasteiger charge is 2.12. The smallest absolute Gasteiger partial charge is 0.136 e. The van der Waals surface area contributed by atoms with Gasteiger partial charge in [-0.15, -0.1) is 0 Å². The standard InChI is InChI=1S/C23H22FN3O2/c1-15-12-19-20(26-15)7-6-17(23(19)24)13-18-8-9-25-22(27-18)14-16-4-2-3-5-21(16)29-11-10-28/h2-9,12,26,28H,10-11,13-14H2,1H3. The van der Waals surface area contributed by atoms with E-state index in [-0.39, 0.29) is 19.0 Å². The van der Waals surface area contributed by atoms with Gasteiger partial charge in [-0.3, -0.25) is 0 Å². The van der Waals surface area contributed by atoms with Crippen LogP contribution in [-0.4, -0.2) is 33.3 Å². The van der Waals surface area contributed by atoms with E-state index in [2.05, 4.69) is 15.0 Å². The zero-order chi connectivity index (χ0) is 20.2. The molecule has 0 radical (unpaired) electrons. The van der Waals surface area contributed by atoms with Crippen molar-refractivity contribution in [2.75, 3.05) is 13.2 Å². The molecule has 0 spiro atoms. The molecule has 5 nitrogen and oxygen atoms in total. The predicted octanol–water partition coefficient (Wildman–Crippen LogP) is 3.96. The van der Waals surface area contributed by atoms with Crippen molar-refractivity contribution >= 4 is 10.9 Å². The highest BCUT2D eigenvalue weighted by Crippen LogP contribution is 2.24. The van der Waals surface area contributed by atoms with Gasteiger partial charge in [0.2, 0.25) is 0 Å². The number of aliphatic hydroxyl groups excluding tert-OH is 1. The first-order valence-corrected chi connectivity index (χ1v) is 9.53. The maximum atomic E-state index is 14.9. The average Bonchev–Trinajstić information content (AvgIpc) is 3.11. The molecule has 0 saturated heterocycles. The summed E-state index contributed by atoms with van der Waals surface area (Å²) in [5.41, 5.74) is 4.03. The lowest BCUT2D eigenvalue weighted by molar-refractivity contribution is 0.200. The predicted molar refractivity (Wildman–Crippen MR) is 110 cm³/mol. The third-order valence-electron chi connectivity index (χ3n) is 4.76. The van der Waals surface area contributed by atoms with Crippen LogP contribution in [0.25, 0.3) is 10.9 Å². The van der Waals surface area contributed by atoms with Gasteiger partial charge in [0.25, 0.3) is 0 Å². The summed E-state index contributed by atoms with van der Waals surface area (Å²) in [6, 6.07) is 14.9. The summed E-state index contributed by atoms with van der Waals surface area (Å²) < 4.78 is 20.5. The Bertz CT molecular complexity index is 1140. The van der Waals surface area contributed by atoms with E-state index in [0.29, 0.717) is 35.4 Å². The van der Waals surface area contributed by atoms with Gasteiger partial charge in [0, 0.05) is 46.9 Å². The molecule has 0 aliphatic carbocycles. The monoisotopic (exact) mass is 391 g/mol. The Balaban J connectivity index is 1.56. The number of aromatic nitrogens is 3. The number of hydrogen-bond donors (Lipinski definition) is 2. The van der Waals surface area contributed by atoms with Crippen molar-refractivity contribution in [2.24, 2.45) is 0 Å². The van der Waals surface area contributed by atoms with Crippen LogP contribution in [0.1, 0.15) is 28.3 Å². The first-order chi connectivity index (χ1) is 14.1. The Morgan fingerprint density at radius 2 is 1.93 bits per heavy atom. The van der Waals surface area contributed by atoms with E-state index in [1.165, 1.54) is 0 Å². The second-order valence-corrected chi connectivity index (χ2v) is 6.95. The minimum Gasteiger partial charge on any atom is -0.491 e. The van der Waals surface area contributed by atoms with E-state index < -0.39 is 0 Å². The lowest BCUT2D eigenvalue weighted by Gasteiger charge is -2.10. The number of aryl methyl sites for hydroxylation is 1. The fourth-order valence-corrected chi connectivity index (χ4v) is 3.43. The van der Waals surface area contributed by atoms with Crippen LogP contribution in [0.3, 0.4) is 0 Å². The summed E-state index contributed by atoms with van der Waals surface area (Å²) in [5, 5.41) is 9.59. The molecule has 0 saturated carbocycles. The van der Waals surface area contributed by atoms with Crippen molar-refractivity contribution in [2.45, 2.75) is 19.8 Å². The van der Waals surface area contributed by atoms with Gasteiger partial charge >= 0.3 is 0 Å². The summed E-state index contributed by atoms with van der Waals surface area (Å²) in [5.74, 6) is 1.13. The fourth-order valence-electron chi connectivity index (χ4n) is 3.43. The molecule has 0 unspecified atom stereocenters. The molecule has 29 heavy (non-hydrogen) atoms. The average molecular weight is 391 g/mol. The molecule has 4 rings (SSSR count). The number of ether oxygens (including phenoxy) is 1. The number of rotatable bonds is 7. The number of hydrogen-bond acceptors (Lipinski definition) is 4. The highest BCUT2D eigenvalue weighted by atomic mass is 19.1. The minimum absolute atomic E-state index is 0.0447. The number of aliphatic hydroxyl groups is 1. The van der Waals surface area contributed by atoms with Gasteiger partial charge in [0.05, 0.1) is 6.61 Å². The molecule has 0 fully saturated rings. The Kier molecular flexibility index (Phi) is 5.53. The van der Waals surface area contributed by atoms with Gasteiger partial charge in [0.1, 0.15) is 24.0 Å². The Hall–Kier alpha value is -3.25. The van der Waals surface area contributed by atoms with Crippen molar-refractivity contribution in [1.82, 2.24) is 15.0 Å². The number of nitrogens with one attached hydrogen (secondary N) is 1. The van der Waals surface area contributed by atoms with Gasteiger partial charge in [0.15, 0.2) is 0 Å². The van der Waals surface area contributed by atoms with Crippen molar-refractivity contribution in [3.05, 3.63) is 88.9 Å². The summed E-state index contributed by atoms with van der Waals surface area (Å²) in [7, 11) is 0. The van der Waals surface area contributed by atoms with Gasteiger partial charge in [-0.05, 0) is 36.8 Å². The largest absolute Gasteiger partial charge is 0.491 e. The van der Waals surface area contributed by atoms with Gasteiger partial charge in [-0.1, -0.05) is 24.3 Å². The van der Waals surface area contributed by atoms with E-state index in [0.717, 1.165) is 22.5 Å². The molecule has 4 aromatic rings. The summed E-state index contributed by atoms with van der Waals surface area (Å²) in [4.78, 5) is 12.1. The first-order valence-electron chi connectivity index (χ1n) is 9.53. The van der Waals surface area contributed by atoms with E-state index in [9.17, 15) is 4.39 Å². The number of aromatic amines is 1. The molecular weight excluding hydrogens is 369 g/mol. The van der Waals surface area contributed by atoms with Crippen molar-refractivity contribution < 1.29 is 14.2 Å². The zero-order valence-corrected chi connectivity index (χ0v) is 16.2. The van der Waals surface area contributed by atoms with Crippen LogP contribution in [0, 0.1) is 12.7 Å². The highest BCUT2D eigenvalue weighted by molar-refractivity contribution is 5.82. The van der Waals surface area contributed by atoms with Gasteiger partial charge in [-0.25, -0.2) is 14.4 Å². The topological polar surface area (TPSA) is 71.0 Å². The number of H-pyrrole nitrogens is 1. The number of para-hydroxylation sites is 1. The molecule has 0 aliphatic rings. The maximum absolute atomic E-state index is 14.9. The number of halogens is 1. The SMILES string of the molecule is Cc1cc2c(F)c(Cc3ccnc(Cc4ccccc4OCCO)n3)ccc2[nH]1. The van der Waals surface area contributed by atoms with Crippen LogP contribution < -0.4 is 4.74 Å². The third kappa shape index (κ3) is 4.27. The van der Waals surface area contributed by atoms with Crippen molar-refractivity contribution in [3.8, 4) is 5.75 Å². The van der Waals surface area contributed by atoms with Crippen molar-refractivity contribution in [3.63, 3.8) is 0 Å². The molecule has 148 valence electrons. The Morgan fingerprint density at radius 1 is 1.07 bits per heavy atom. The fraction of sp³-hybridized carbons (Fsp3) is 0.217. The summed E-state index contributed by atoms with van der Waals surface area (Å²) >= 11 is 0. The van der Waals surface area contributed by atoms with Crippen LogP contribution >= 0.6 is 0 Å². The molecule has 2 aromatic heterocycles. The van der Waals surface area contributed by atoms with Crippen molar-refractivity contribution in [1.29, 1.82) is 0 Å². The van der Waals surface area contributed by atoms with Gasteiger partial charge in [-0.2, -0.15) is 0 Å². The van der Waals surface area contributed by atoms with E-state index >= 15 is 0 Å². The maximum Gasteiger partial charge on any atom is 0.136 e.